The van der Waals surface area contributed by atoms with Crippen LogP contribution in [0.15, 0.2) is 163 Å². The third kappa shape index (κ3) is 6.55. The largest absolute Gasteiger partial charge is 0.374 e. The van der Waals surface area contributed by atoms with Crippen LogP contribution in [0.25, 0.3) is 50.0 Å². The first kappa shape index (κ1) is 35.8. The number of benzene rings is 6. The molecule has 278 valence electrons. The van der Waals surface area contributed by atoms with Crippen LogP contribution in [-0.2, 0) is 0 Å². The molecule has 9 rings (SSSR count). The highest BCUT2D eigenvalue weighted by Gasteiger charge is 2.31. The van der Waals surface area contributed by atoms with Crippen LogP contribution in [0.4, 0.5) is 5.69 Å². The van der Waals surface area contributed by atoms with Gasteiger partial charge in [0.05, 0.1) is 23.3 Å². The van der Waals surface area contributed by atoms with Gasteiger partial charge in [0.15, 0.2) is 0 Å². The van der Waals surface area contributed by atoms with Crippen LogP contribution >= 0.6 is 0 Å². The highest BCUT2D eigenvalue weighted by Crippen LogP contribution is 2.50. The van der Waals surface area contributed by atoms with E-state index in [1.165, 1.54) is 49.7 Å². The van der Waals surface area contributed by atoms with Gasteiger partial charge in [0.2, 0.25) is 0 Å². The first-order chi connectivity index (χ1) is 28.0. The van der Waals surface area contributed by atoms with E-state index >= 15 is 0 Å². The maximum absolute atomic E-state index is 5.43. The van der Waals surface area contributed by atoms with Gasteiger partial charge in [-0.1, -0.05) is 128 Å². The van der Waals surface area contributed by atoms with Gasteiger partial charge in [0, 0.05) is 47.0 Å². The van der Waals surface area contributed by atoms with Gasteiger partial charge in [-0.15, -0.1) is 0 Å². The number of aromatic nitrogens is 2. The quantitative estimate of drug-likeness (QED) is 0.0925. The van der Waals surface area contributed by atoms with E-state index in [2.05, 4.69) is 175 Å². The zero-order chi connectivity index (χ0) is 38.9. The fourth-order valence-electron chi connectivity index (χ4n) is 8.68. The predicted octanol–water partition coefficient (Wildman–Crippen LogP) is 12.4. The summed E-state index contributed by atoms with van der Waals surface area (Å²) in [4.78, 5) is 14.4. The molecule has 8 aromatic rings. The highest BCUT2D eigenvalue weighted by atomic mass is 15.0. The molecule has 6 aromatic carbocycles. The first-order valence-corrected chi connectivity index (χ1v) is 19.8. The maximum Gasteiger partial charge on any atom is 0.128 e. The number of aliphatic imine (C=N–C) groups is 1. The molecule has 1 aliphatic heterocycles. The SMILES string of the molecule is CC/C=C/c1nc2cc(-c3ccc(C(N/C(=N\C)c4ccccc4)c4ccccc4)cc3)ccc2c2c(C)c3c(c(C)c12)-c1ccccc1NC3c1ccncc1. The summed E-state index contributed by atoms with van der Waals surface area (Å²) in [7, 11) is 1.84. The number of rotatable bonds is 8. The summed E-state index contributed by atoms with van der Waals surface area (Å²) < 4.78 is 0. The van der Waals surface area contributed by atoms with E-state index in [0.717, 1.165) is 56.8 Å². The minimum Gasteiger partial charge on any atom is -0.374 e. The lowest BCUT2D eigenvalue weighted by Gasteiger charge is -2.34. The van der Waals surface area contributed by atoms with Crippen LogP contribution in [0, 0.1) is 13.8 Å². The lowest BCUT2D eigenvalue weighted by Crippen LogP contribution is -2.30. The van der Waals surface area contributed by atoms with Gasteiger partial charge in [-0.2, -0.15) is 0 Å². The standard InChI is InChI=1S/C52H45N5/c1-5-6-20-44-48-33(2)47-41-19-13-14-21-43(41)56-51(38-28-30-54-31-29-38)49(47)34(3)46(48)42-27-26-40(32-45(42)55-44)35-22-24-37(25-23-35)50(36-15-9-7-10-16-36)57-52(53-4)39-17-11-8-12-18-39/h6-32,50-51,56H,5H2,1-4H3,(H,53,57)/b20-6+. The van der Waals surface area contributed by atoms with Crippen LogP contribution in [0.5, 0.6) is 0 Å². The maximum atomic E-state index is 5.43. The van der Waals surface area contributed by atoms with E-state index in [9.17, 15) is 0 Å². The van der Waals surface area contributed by atoms with Crippen molar-refractivity contribution >= 4 is 39.3 Å². The van der Waals surface area contributed by atoms with E-state index in [1.807, 2.05) is 37.6 Å². The normalized spacial score (nSPS) is 14.3. The fourth-order valence-corrected chi connectivity index (χ4v) is 8.68. The molecule has 5 nitrogen and oxygen atoms in total. The molecule has 0 fully saturated rings. The predicted molar refractivity (Wildman–Crippen MR) is 239 cm³/mol. The molecule has 0 bridgehead atoms. The Bertz CT molecular complexity index is 2790. The Morgan fingerprint density at radius 3 is 2.18 bits per heavy atom. The average molecular weight is 740 g/mol. The minimum atomic E-state index is -0.0775. The number of fused-ring (bicyclic) bond motifs is 6. The van der Waals surface area contributed by atoms with Crippen LogP contribution in [-0.4, -0.2) is 22.9 Å². The summed E-state index contributed by atoms with van der Waals surface area (Å²) in [6.07, 6.45) is 9.16. The number of hydrogen-bond donors (Lipinski definition) is 2. The molecule has 2 atom stereocenters. The molecule has 0 saturated carbocycles. The zero-order valence-electron chi connectivity index (χ0n) is 32.8. The molecule has 0 amide bonds. The van der Waals surface area contributed by atoms with Crippen molar-refractivity contribution in [2.24, 2.45) is 4.99 Å². The molecule has 0 radical (unpaired) electrons. The molecule has 2 N–H and O–H groups in total. The molecular weight excluding hydrogens is 695 g/mol. The molecule has 57 heavy (non-hydrogen) atoms. The number of anilines is 1. The van der Waals surface area contributed by atoms with E-state index in [1.54, 1.807) is 0 Å². The third-order valence-electron chi connectivity index (χ3n) is 11.4. The lowest BCUT2D eigenvalue weighted by atomic mass is 9.78. The van der Waals surface area contributed by atoms with Gasteiger partial charge in [-0.05, 0) is 106 Å². The van der Waals surface area contributed by atoms with E-state index in [4.69, 9.17) is 4.98 Å². The topological polar surface area (TPSA) is 62.2 Å². The van der Waals surface area contributed by atoms with Crippen LogP contribution < -0.4 is 10.6 Å². The Hall–Kier alpha value is -6.85. The van der Waals surface area contributed by atoms with Gasteiger partial charge >= 0.3 is 0 Å². The Morgan fingerprint density at radius 2 is 1.44 bits per heavy atom. The molecule has 0 saturated heterocycles. The number of nitrogens with one attached hydrogen (secondary N) is 2. The van der Waals surface area contributed by atoms with Gasteiger partial charge in [0.25, 0.3) is 0 Å². The Labute approximate surface area is 334 Å². The number of nitrogens with zero attached hydrogens (tertiary/aromatic N) is 3. The number of allylic oxidation sites excluding steroid dienone is 1. The molecule has 5 heteroatoms. The second-order valence-electron chi connectivity index (χ2n) is 14.8. The Balaban J connectivity index is 1.17. The van der Waals surface area contributed by atoms with Crippen molar-refractivity contribution < 1.29 is 0 Å². The van der Waals surface area contributed by atoms with Crippen molar-refractivity contribution in [3.8, 4) is 22.3 Å². The number of hydrogen-bond acceptors (Lipinski definition) is 4. The smallest absolute Gasteiger partial charge is 0.128 e. The summed E-state index contributed by atoms with van der Waals surface area (Å²) in [5, 5.41) is 11.3. The van der Waals surface area contributed by atoms with Crippen molar-refractivity contribution in [3.05, 3.63) is 203 Å². The van der Waals surface area contributed by atoms with Crippen molar-refractivity contribution in [2.75, 3.05) is 12.4 Å². The summed E-state index contributed by atoms with van der Waals surface area (Å²) in [6.45, 7) is 6.76. The highest BCUT2D eigenvalue weighted by molar-refractivity contribution is 6.15. The van der Waals surface area contributed by atoms with Crippen molar-refractivity contribution in [3.63, 3.8) is 0 Å². The minimum absolute atomic E-state index is 0.0155. The lowest BCUT2D eigenvalue weighted by molar-refractivity contribution is 0.761. The molecule has 2 unspecified atom stereocenters. The van der Waals surface area contributed by atoms with Crippen LogP contribution in [0.2, 0.25) is 0 Å². The summed E-state index contributed by atoms with van der Waals surface area (Å²) in [6, 6.07) is 49.5. The van der Waals surface area contributed by atoms with Crippen molar-refractivity contribution in [1.82, 2.24) is 15.3 Å². The van der Waals surface area contributed by atoms with E-state index in [0.29, 0.717) is 0 Å². The number of para-hydroxylation sites is 1. The zero-order valence-corrected chi connectivity index (χ0v) is 32.8. The summed E-state index contributed by atoms with van der Waals surface area (Å²) >= 11 is 0. The molecule has 0 spiro atoms. The second-order valence-corrected chi connectivity index (χ2v) is 14.8. The molecule has 3 heterocycles. The van der Waals surface area contributed by atoms with Crippen LogP contribution in [0.1, 0.15) is 70.1 Å². The number of pyridine rings is 2. The Morgan fingerprint density at radius 1 is 0.754 bits per heavy atom. The fraction of sp³-hybridized carbons (Fsp3) is 0.135. The molecular formula is C52H45N5. The number of amidine groups is 1. The van der Waals surface area contributed by atoms with Crippen LogP contribution in [0.3, 0.4) is 0 Å². The monoisotopic (exact) mass is 739 g/mol. The van der Waals surface area contributed by atoms with Crippen molar-refractivity contribution in [2.45, 2.75) is 39.3 Å². The molecule has 2 aromatic heterocycles. The average Bonchev–Trinajstić information content (AvgIpc) is 3.27. The Kier molecular flexibility index (Phi) is 9.65. The number of aryl methyl sites for hydroxylation is 2. The summed E-state index contributed by atoms with van der Waals surface area (Å²) in [5.74, 6) is 0.855. The van der Waals surface area contributed by atoms with Gasteiger partial charge in [-0.25, -0.2) is 4.98 Å². The second kappa shape index (κ2) is 15.4. The third-order valence-corrected chi connectivity index (χ3v) is 11.4. The summed E-state index contributed by atoms with van der Waals surface area (Å²) in [5.41, 5.74) is 16.4. The first-order valence-electron chi connectivity index (χ1n) is 19.8. The van der Waals surface area contributed by atoms with Gasteiger partial charge < -0.3 is 10.6 Å². The molecule has 1 aliphatic rings. The molecule has 0 aliphatic carbocycles. The van der Waals surface area contributed by atoms with E-state index in [-0.39, 0.29) is 12.1 Å². The van der Waals surface area contributed by atoms with Crippen molar-refractivity contribution in [1.29, 1.82) is 0 Å². The van der Waals surface area contributed by atoms with E-state index < -0.39 is 0 Å². The van der Waals surface area contributed by atoms with Gasteiger partial charge in [0.1, 0.15) is 5.84 Å². The van der Waals surface area contributed by atoms with Gasteiger partial charge in [-0.3, -0.25) is 9.98 Å².